The molecule has 1 aromatic rings. The van der Waals surface area contributed by atoms with Crippen LogP contribution in [0.3, 0.4) is 0 Å². The quantitative estimate of drug-likeness (QED) is 0.854. The third-order valence-electron chi connectivity index (χ3n) is 2.27. The highest BCUT2D eigenvalue weighted by Crippen LogP contribution is 2.21. The van der Waals surface area contributed by atoms with Gasteiger partial charge in [-0.2, -0.15) is 0 Å². The highest BCUT2D eigenvalue weighted by atomic mass is 35.5. The maximum absolute atomic E-state index is 11.5. The molecule has 0 aromatic carbocycles. The first-order valence-electron chi connectivity index (χ1n) is 4.78. The molecular formula is C10H15ClN2OS. The second-order valence-corrected chi connectivity index (χ2v) is 5.37. The molecule has 3 nitrogen and oxygen atoms in total. The normalized spacial score (nSPS) is 14.7. The molecule has 0 saturated heterocycles. The van der Waals surface area contributed by atoms with Crippen molar-refractivity contribution in [2.75, 3.05) is 0 Å². The Morgan fingerprint density at radius 2 is 2.27 bits per heavy atom. The smallest absolute Gasteiger partial charge is 0.224 e. The second-order valence-electron chi connectivity index (χ2n) is 3.57. The maximum Gasteiger partial charge on any atom is 0.224 e. The SMILES string of the molecule is CC(N)C(C)C(=O)NCc1ccc(Cl)s1. The topological polar surface area (TPSA) is 55.1 Å². The molecule has 2 atom stereocenters. The number of nitrogens with one attached hydrogen (secondary N) is 1. The summed E-state index contributed by atoms with van der Waals surface area (Å²) in [7, 11) is 0. The molecule has 1 heterocycles. The summed E-state index contributed by atoms with van der Waals surface area (Å²) in [5.74, 6) is -0.185. The average molecular weight is 247 g/mol. The van der Waals surface area contributed by atoms with Gasteiger partial charge in [0.15, 0.2) is 0 Å². The van der Waals surface area contributed by atoms with E-state index in [1.54, 1.807) is 0 Å². The second kappa shape index (κ2) is 5.49. The van der Waals surface area contributed by atoms with Gasteiger partial charge in [0.2, 0.25) is 5.91 Å². The van der Waals surface area contributed by atoms with E-state index in [0.29, 0.717) is 6.54 Å². The number of nitrogens with two attached hydrogens (primary N) is 1. The summed E-state index contributed by atoms with van der Waals surface area (Å²) in [6, 6.07) is 3.60. The monoisotopic (exact) mass is 246 g/mol. The molecule has 3 N–H and O–H groups in total. The Morgan fingerprint density at radius 1 is 1.60 bits per heavy atom. The zero-order valence-electron chi connectivity index (χ0n) is 8.79. The molecule has 1 amide bonds. The number of carbonyl (C=O) groups is 1. The highest BCUT2D eigenvalue weighted by Gasteiger charge is 2.16. The van der Waals surface area contributed by atoms with E-state index in [9.17, 15) is 4.79 Å². The van der Waals surface area contributed by atoms with E-state index in [-0.39, 0.29) is 17.9 Å². The summed E-state index contributed by atoms with van der Waals surface area (Å²) in [4.78, 5) is 12.6. The lowest BCUT2D eigenvalue weighted by Gasteiger charge is -2.14. The fourth-order valence-electron chi connectivity index (χ4n) is 1.02. The molecule has 15 heavy (non-hydrogen) atoms. The Bertz CT molecular complexity index is 338. The number of thiophene rings is 1. The van der Waals surface area contributed by atoms with Gasteiger partial charge in [-0.1, -0.05) is 18.5 Å². The third-order valence-corrected chi connectivity index (χ3v) is 3.50. The van der Waals surface area contributed by atoms with Gasteiger partial charge < -0.3 is 11.1 Å². The number of amides is 1. The van der Waals surface area contributed by atoms with Crippen LogP contribution in [0.25, 0.3) is 0 Å². The molecule has 0 aliphatic rings. The summed E-state index contributed by atoms with van der Waals surface area (Å²) < 4.78 is 0.736. The summed E-state index contributed by atoms with van der Waals surface area (Å²) in [5.41, 5.74) is 5.63. The van der Waals surface area contributed by atoms with Gasteiger partial charge in [0.25, 0.3) is 0 Å². The van der Waals surface area contributed by atoms with Crippen LogP contribution in [0.4, 0.5) is 0 Å². The van der Waals surface area contributed by atoms with Gasteiger partial charge in [-0.15, -0.1) is 11.3 Å². The predicted octanol–water partition coefficient (Wildman–Crippen LogP) is 2.00. The Morgan fingerprint density at radius 3 is 2.73 bits per heavy atom. The van der Waals surface area contributed by atoms with Gasteiger partial charge >= 0.3 is 0 Å². The lowest BCUT2D eigenvalue weighted by atomic mass is 10.0. The van der Waals surface area contributed by atoms with Crippen molar-refractivity contribution in [2.45, 2.75) is 26.4 Å². The van der Waals surface area contributed by atoms with E-state index in [1.807, 2.05) is 26.0 Å². The third kappa shape index (κ3) is 3.81. The molecule has 0 aliphatic carbocycles. The molecule has 0 bridgehead atoms. The number of rotatable bonds is 4. The van der Waals surface area contributed by atoms with Crippen molar-refractivity contribution in [1.29, 1.82) is 0 Å². The standard InChI is InChI=1S/C10H15ClN2OS/c1-6(7(2)12)10(14)13-5-8-3-4-9(11)15-8/h3-4,6-7H,5,12H2,1-2H3,(H,13,14). The first-order valence-corrected chi connectivity index (χ1v) is 5.97. The van der Waals surface area contributed by atoms with Crippen LogP contribution in [0.15, 0.2) is 12.1 Å². The lowest BCUT2D eigenvalue weighted by Crippen LogP contribution is -2.38. The zero-order valence-corrected chi connectivity index (χ0v) is 10.4. The van der Waals surface area contributed by atoms with Crippen molar-refractivity contribution in [3.8, 4) is 0 Å². The van der Waals surface area contributed by atoms with Crippen molar-refractivity contribution in [3.63, 3.8) is 0 Å². The first kappa shape index (κ1) is 12.5. The van der Waals surface area contributed by atoms with Crippen molar-refractivity contribution < 1.29 is 4.79 Å². The van der Waals surface area contributed by atoms with E-state index in [2.05, 4.69) is 5.32 Å². The van der Waals surface area contributed by atoms with Crippen LogP contribution in [-0.2, 0) is 11.3 Å². The van der Waals surface area contributed by atoms with Gasteiger partial charge in [-0.05, 0) is 19.1 Å². The first-order chi connectivity index (χ1) is 7.00. The largest absolute Gasteiger partial charge is 0.351 e. The van der Waals surface area contributed by atoms with Crippen LogP contribution in [0, 0.1) is 5.92 Å². The van der Waals surface area contributed by atoms with E-state index in [1.165, 1.54) is 11.3 Å². The zero-order chi connectivity index (χ0) is 11.4. The molecule has 5 heteroatoms. The Balaban J connectivity index is 2.40. The minimum Gasteiger partial charge on any atom is -0.351 e. The van der Waals surface area contributed by atoms with E-state index < -0.39 is 0 Å². The fourth-order valence-corrected chi connectivity index (χ4v) is 2.05. The van der Waals surface area contributed by atoms with Gasteiger partial charge in [0, 0.05) is 16.8 Å². The average Bonchev–Trinajstić information content (AvgIpc) is 2.59. The number of halogens is 1. The number of carbonyl (C=O) groups excluding carboxylic acids is 1. The summed E-state index contributed by atoms with van der Waals surface area (Å²) in [6.07, 6.45) is 0. The van der Waals surface area contributed by atoms with Gasteiger partial charge in [0.1, 0.15) is 0 Å². The van der Waals surface area contributed by atoms with Crippen LogP contribution in [0.2, 0.25) is 4.34 Å². The van der Waals surface area contributed by atoms with E-state index >= 15 is 0 Å². The fraction of sp³-hybridized carbons (Fsp3) is 0.500. The highest BCUT2D eigenvalue weighted by molar-refractivity contribution is 7.16. The van der Waals surface area contributed by atoms with Crippen molar-refractivity contribution in [3.05, 3.63) is 21.3 Å². The summed E-state index contributed by atoms with van der Waals surface area (Å²) in [5, 5.41) is 2.83. The molecule has 0 saturated carbocycles. The molecular weight excluding hydrogens is 232 g/mol. The minimum absolute atomic E-state index is 0.0190. The van der Waals surface area contributed by atoms with Crippen molar-refractivity contribution in [2.24, 2.45) is 11.7 Å². The molecule has 1 rings (SSSR count). The van der Waals surface area contributed by atoms with Gasteiger partial charge in [0.05, 0.1) is 10.9 Å². The molecule has 2 unspecified atom stereocenters. The molecule has 1 aromatic heterocycles. The van der Waals surface area contributed by atoms with Crippen LogP contribution < -0.4 is 11.1 Å². The van der Waals surface area contributed by atoms with E-state index in [0.717, 1.165) is 9.21 Å². The van der Waals surface area contributed by atoms with E-state index in [4.69, 9.17) is 17.3 Å². The van der Waals surface area contributed by atoms with Crippen LogP contribution in [0.5, 0.6) is 0 Å². The van der Waals surface area contributed by atoms with Crippen LogP contribution in [0.1, 0.15) is 18.7 Å². The minimum atomic E-state index is -0.166. The Labute approximate surface area is 98.6 Å². The van der Waals surface area contributed by atoms with Gasteiger partial charge in [-0.25, -0.2) is 0 Å². The number of hydrogen-bond acceptors (Lipinski definition) is 3. The maximum atomic E-state index is 11.5. The van der Waals surface area contributed by atoms with Gasteiger partial charge in [-0.3, -0.25) is 4.79 Å². The summed E-state index contributed by atoms with van der Waals surface area (Å²) >= 11 is 7.24. The molecule has 0 spiro atoms. The van der Waals surface area contributed by atoms with Crippen molar-refractivity contribution >= 4 is 28.8 Å². The molecule has 84 valence electrons. The molecule has 0 radical (unpaired) electrons. The van der Waals surface area contributed by atoms with Crippen molar-refractivity contribution in [1.82, 2.24) is 5.32 Å². The Kier molecular flexibility index (Phi) is 4.57. The molecule has 0 fully saturated rings. The molecule has 0 aliphatic heterocycles. The number of hydrogen-bond donors (Lipinski definition) is 2. The van der Waals surface area contributed by atoms with Crippen LogP contribution >= 0.6 is 22.9 Å². The predicted molar refractivity (Wildman–Crippen MR) is 64.0 cm³/mol. The Hall–Kier alpha value is -0.580. The lowest BCUT2D eigenvalue weighted by molar-refractivity contribution is -0.125. The van der Waals surface area contributed by atoms with Crippen LogP contribution in [-0.4, -0.2) is 11.9 Å². The summed E-state index contributed by atoms with van der Waals surface area (Å²) in [6.45, 7) is 4.17.